The van der Waals surface area contributed by atoms with Gasteiger partial charge in [-0.3, -0.25) is 9.59 Å². The molecule has 4 nitrogen and oxygen atoms in total. The molecule has 0 unspecified atom stereocenters. The first-order chi connectivity index (χ1) is 12.8. The Hall–Kier alpha value is -2.56. The third-order valence-electron chi connectivity index (χ3n) is 4.45. The van der Waals surface area contributed by atoms with E-state index in [1.807, 2.05) is 19.1 Å². The molecule has 1 aliphatic rings. The lowest BCUT2D eigenvalue weighted by molar-refractivity contribution is -0.139. The Kier molecular flexibility index (Phi) is 5.40. The number of ketones is 1. The molecule has 1 aliphatic heterocycles. The summed E-state index contributed by atoms with van der Waals surface area (Å²) in [6, 6.07) is 11.0. The van der Waals surface area contributed by atoms with Gasteiger partial charge in [0.15, 0.2) is 0 Å². The van der Waals surface area contributed by atoms with Gasteiger partial charge < -0.3 is 10.0 Å². The number of likely N-dealkylation sites (tertiary alicyclic amines) is 1. The number of rotatable bonds is 4. The zero-order chi connectivity index (χ0) is 19.7. The summed E-state index contributed by atoms with van der Waals surface area (Å²) in [7, 11) is 0. The highest BCUT2D eigenvalue weighted by atomic mass is 35.5. The van der Waals surface area contributed by atoms with Gasteiger partial charge in [0.05, 0.1) is 11.6 Å². The fraction of sp³-hybridized carbons (Fsp3) is 0.143. The van der Waals surface area contributed by atoms with Crippen LogP contribution in [0.15, 0.2) is 60.7 Å². The van der Waals surface area contributed by atoms with Crippen molar-refractivity contribution in [3.63, 3.8) is 0 Å². The SMILES string of the molecule is C=CCN1C(=O)C(=O)C(=C(O)c2ccc(C)cc2)[C@H]1c1ccc(Cl)cc1Cl. The highest BCUT2D eigenvalue weighted by Crippen LogP contribution is 2.42. The molecular weight excluding hydrogens is 385 g/mol. The third kappa shape index (κ3) is 3.51. The first-order valence-electron chi connectivity index (χ1n) is 8.26. The minimum atomic E-state index is -0.825. The van der Waals surface area contributed by atoms with Gasteiger partial charge in [-0.15, -0.1) is 6.58 Å². The van der Waals surface area contributed by atoms with E-state index < -0.39 is 17.7 Å². The third-order valence-corrected chi connectivity index (χ3v) is 5.01. The van der Waals surface area contributed by atoms with Gasteiger partial charge >= 0.3 is 0 Å². The summed E-state index contributed by atoms with van der Waals surface area (Å²) in [6.07, 6.45) is 1.52. The van der Waals surface area contributed by atoms with Crippen LogP contribution < -0.4 is 0 Å². The molecule has 0 bridgehead atoms. The Morgan fingerprint density at radius 3 is 2.44 bits per heavy atom. The summed E-state index contributed by atoms with van der Waals surface area (Å²) in [4.78, 5) is 26.6. The lowest BCUT2D eigenvalue weighted by Gasteiger charge is -2.25. The predicted octanol–water partition coefficient (Wildman–Crippen LogP) is 4.91. The summed E-state index contributed by atoms with van der Waals surface area (Å²) in [5.41, 5.74) is 1.97. The number of nitrogens with zero attached hydrogens (tertiary/aromatic N) is 1. The monoisotopic (exact) mass is 401 g/mol. The van der Waals surface area contributed by atoms with Crippen LogP contribution >= 0.6 is 23.2 Å². The van der Waals surface area contributed by atoms with E-state index in [-0.39, 0.29) is 17.9 Å². The van der Waals surface area contributed by atoms with Crippen LogP contribution in [0.25, 0.3) is 5.76 Å². The molecule has 1 fully saturated rings. The standard InChI is InChI=1S/C21H17Cl2NO3/c1-3-10-24-18(15-9-8-14(22)11-16(15)23)17(20(26)21(24)27)19(25)13-6-4-12(2)5-7-13/h3-9,11,18,25H,1,10H2,2H3/t18-/m1/s1. The number of halogens is 2. The molecule has 0 spiro atoms. The number of carbonyl (C=O) groups excluding carboxylic acids is 2. The normalized spacial score (nSPS) is 18.8. The van der Waals surface area contributed by atoms with Gasteiger partial charge in [0.2, 0.25) is 0 Å². The zero-order valence-corrected chi connectivity index (χ0v) is 16.1. The highest BCUT2D eigenvalue weighted by Gasteiger charge is 2.46. The van der Waals surface area contributed by atoms with Gasteiger partial charge in [0.1, 0.15) is 5.76 Å². The number of carbonyl (C=O) groups is 2. The Morgan fingerprint density at radius 2 is 1.85 bits per heavy atom. The van der Waals surface area contributed by atoms with Crippen LogP contribution in [0.4, 0.5) is 0 Å². The van der Waals surface area contributed by atoms with Crippen LogP contribution in [0.3, 0.4) is 0 Å². The first kappa shape index (κ1) is 19.2. The van der Waals surface area contributed by atoms with Gasteiger partial charge in [0, 0.05) is 22.2 Å². The molecule has 1 saturated heterocycles. The molecule has 1 amide bonds. The quantitative estimate of drug-likeness (QED) is 0.342. The molecule has 27 heavy (non-hydrogen) atoms. The lowest BCUT2D eigenvalue weighted by atomic mass is 9.95. The summed E-state index contributed by atoms with van der Waals surface area (Å²) in [6.45, 7) is 5.70. The summed E-state index contributed by atoms with van der Waals surface area (Å²) in [5, 5.41) is 11.6. The molecule has 1 atom stereocenters. The number of amides is 1. The predicted molar refractivity (Wildman–Crippen MR) is 107 cm³/mol. The minimum absolute atomic E-state index is 0.00470. The number of aryl methyl sites for hydroxylation is 1. The largest absolute Gasteiger partial charge is 0.507 e. The van der Waals surface area contributed by atoms with Crippen molar-refractivity contribution >= 4 is 40.7 Å². The average molecular weight is 402 g/mol. The molecule has 1 heterocycles. The maximum Gasteiger partial charge on any atom is 0.295 e. The van der Waals surface area contributed by atoms with Crippen LogP contribution in [0.2, 0.25) is 10.0 Å². The van der Waals surface area contributed by atoms with Crippen molar-refractivity contribution in [1.29, 1.82) is 0 Å². The van der Waals surface area contributed by atoms with Crippen LogP contribution in [0, 0.1) is 6.92 Å². The number of Topliss-reactive ketones (excluding diaryl/α,β-unsaturated/α-hetero) is 1. The van der Waals surface area contributed by atoms with Crippen molar-refractivity contribution in [3.8, 4) is 0 Å². The Morgan fingerprint density at radius 1 is 1.19 bits per heavy atom. The number of aliphatic hydroxyl groups excluding tert-OH is 1. The van der Waals surface area contributed by atoms with Gasteiger partial charge in [-0.05, 0) is 24.6 Å². The smallest absolute Gasteiger partial charge is 0.295 e. The molecule has 2 aromatic carbocycles. The van der Waals surface area contributed by atoms with E-state index in [0.717, 1.165) is 5.56 Å². The van der Waals surface area contributed by atoms with Crippen molar-refractivity contribution in [1.82, 2.24) is 4.90 Å². The Labute approximate surface area is 167 Å². The Bertz CT molecular complexity index is 964. The van der Waals surface area contributed by atoms with E-state index in [2.05, 4.69) is 6.58 Å². The number of aliphatic hydroxyl groups is 1. The summed E-state index contributed by atoms with van der Waals surface area (Å²) < 4.78 is 0. The molecule has 6 heteroatoms. The second-order valence-corrected chi connectivity index (χ2v) is 7.12. The number of hydrogen-bond donors (Lipinski definition) is 1. The van der Waals surface area contributed by atoms with Crippen molar-refractivity contribution in [3.05, 3.63) is 87.4 Å². The fourth-order valence-electron chi connectivity index (χ4n) is 3.12. The molecule has 2 aromatic rings. The van der Waals surface area contributed by atoms with Gasteiger partial charge in [-0.25, -0.2) is 0 Å². The second-order valence-electron chi connectivity index (χ2n) is 6.27. The molecule has 0 saturated carbocycles. The topological polar surface area (TPSA) is 57.6 Å². The fourth-order valence-corrected chi connectivity index (χ4v) is 3.63. The highest BCUT2D eigenvalue weighted by molar-refractivity contribution is 6.47. The Balaban J connectivity index is 2.23. The molecular formula is C21H17Cl2NO3. The van der Waals surface area contributed by atoms with E-state index in [0.29, 0.717) is 21.2 Å². The molecule has 0 aliphatic carbocycles. The maximum atomic E-state index is 12.7. The average Bonchev–Trinajstić information content (AvgIpc) is 2.87. The van der Waals surface area contributed by atoms with E-state index in [1.54, 1.807) is 30.3 Å². The molecule has 1 N–H and O–H groups in total. The zero-order valence-electron chi connectivity index (χ0n) is 14.6. The van der Waals surface area contributed by atoms with Crippen molar-refractivity contribution in [2.24, 2.45) is 0 Å². The van der Waals surface area contributed by atoms with E-state index >= 15 is 0 Å². The second kappa shape index (κ2) is 7.59. The lowest BCUT2D eigenvalue weighted by Crippen LogP contribution is -2.29. The van der Waals surface area contributed by atoms with E-state index in [9.17, 15) is 14.7 Å². The van der Waals surface area contributed by atoms with Crippen molar-refractivity contribution in [2.45, 2.75) is 13.0 Å². The maximum absolute atomic E-state index is 12.7. The van der Waals surface area contributed by atoms with Gasteiger partial charge in [-0.2, -0.15) is 0 Å². The molecule has 138 valence electrons. The van der Waals surface area contributed by atoms with E-state index in [1.165, 1.54) is 11.0 Å². The van der Waals surface area contributed by atoms with Crippen LogP contribution in [-0.2, 0) is 9.59 Å². The minimum Gasteiger partial charge on any atom is -0.507 e. The number of benzene rings is 2. The molecule has 0 aromatic heterocycles. The van der Waals surface area contributed by atoms with Crippen LogP contribution in [0.5, 0.6) is 0 Å². The number of hydrogen-bond acceptors (Lipinski definition) is 3. The van der Waals surface area contributed by atoms with E-state index in [4.69, 9.17) is 23.2 Å². The summed E-state index contributed by atoms with van der Waals surface area (Å²) in [5.74, 6) is -1.71. The first-order valence-corrected chi connectivity index (χ1v) is 9.02. The van der Waals surface area contributed by atoms with Crippen molar-refractivity contribution < 1.29 is 14.7 Å². The van der Waals surface area contributed by atoms with Crippen molar-refractivity contribution in [2.75, 3.05) is 6.54 Å². The van der Waals surface area contributed by atoms with Gasteiger partial charge in [-0.1, -0.05) is 65.2 Å². The van der Waals surface area contributed by atoms with Gasteiger partial charge in [0.25, 0.3) is 11.7 Å². The molecule has 0 radical (unpaired) electrons. The summed E-state index contributed by atoms with van der Waals surface area (Å²) >= 11 is 12.3. The van der Waals surface area contributed by atoms with Crippen LogP contribution in [-0.4, -0.2) is 28.2 Å². The van der Waals surface area contributed by atoms with Crippen LogP contribution in [0.1, 0.15) is 22.7 Å². The molecule has 3 rings (SSSR count).